The quantitative estimate of drug-likeness (QED) is 0.878. The van der Waals surface area contributed by atoms with Crippen LogP contribution in [-0.2, 0) is 6.54 Å². The molecule has 5 heteroatoms. The van der Waals surface area contributed by atoms with Crippen LogP contribution in [-0.4, -0.2) is 4.98 Å². The van der Waals surface area contributed by atoms with Crippen LogP contribution in [0.3, 0.4) is 0 Å². The highest BCUT2D eigenvalue weighted by Gasteiger charge is 2.16. The number of nitrogens with two attached hydrogens (primary N) is 1. The second-order valence-corrected chi connectivity index (χ2v) is 3.73. The van der Waals surface area contributed by atoms with E-state index in [0.29, 0.717) is 11.5 Å². The molecule has 0 aliphatic heterocycles. The monoisotopic (exact) mass is 240 g/mol. The molecule has 0 amide bonds. The summed E-state index contributed by atoms with van der Waals surface area (Å²) in [5.74, 6) is 0.287. The Kier molecular flexibility index (Phi) is 2.94. The van der Waals surface area contributed by atoms with Crippen LogP contribution in [0.4, 0.5) is 4.39 Å². The Morgan fingerprint density at radius 2 is 2.25 bits per heavy atom. The second-order valence-electron chi connectivity index (χ2n) is 3.32. The Hall–Kier alpha value is -1.39. The largest absolute Gasteiger partial charge is 0.441 e. The van der Waals surface area contributed by atoms with Crippen molar-refractivity contribution in [1.82, 2.24) is 4.98 Å². The van der Waals surface area contributed by atoms with Crippen LogP contribution < -0.4 is 5.73 Å². The summed E-state index contributed by atoms with van der Waals surface area (Å²) in [7, 11) is 0. The Balaban J connectivity index is 2.58. The predicted molar refractivity (Wildman–Crippen MR) is 59.5 cm³/mol. The van der Waals surface area contributed by atoms with Crippen molar-refractivity contribution >= 4 is 11.6 Å². The molecule has 0 aliphatic rings. The SMILES string of the molecule is Cc1oc(-c2c(F)cccc2Cl)nc1CN. The second kappa shape index (κ2) is 4.23. The van der Waals surface area contributed by atoms with Gasteiger partial charge < -0.3 is 10.2 Å². The summed E-state index contributed by atoms with van der Waals surface area (Å²) in [6, 6.07) is 4.42. The van der Waals surface area contributed by atoms with Crippen LogP contribution in [0.2, 0.25) is 5.02 Å². The minimum Gasteiger partial charge on any atom is -0.441 e. The molecule has 16 heavy (non-hydrogen) atoms. The van der Waals surface area contributed by atoms with Gasteiger partial charge in [0.1, 0.15) is 11.6 Å². The zero-order chi connectivity index (χ0) is 11.7. The first-order valence-electron chi connectivity index (χ1n) is 4.74. The molecule has 0 aliphatic carbocycles. The van der Waals surface area contributed by atoms with Gasteiger partial charge in [0, 0.05) is 6.54 Å². The predicted octanol–water partition coefficient (Wildman–Crippen LogP) is 2.90. The van der Waals surface area contributed by atoms with Crippen LogP contribution in [0, 0.1) is 12.7 Å². The fraction of sp³-hybridized carbons (Fsp3) is 0.182. The minimum absolute atomic E-state index is 0.168. The Bertz CT molecular complexity index is 504. The van der Waals surface area contributed by atoms with Crippen molar-refractivity contribution in [2.45, 2.75) is 13.5 Å². The summed E-state index contributed by atoms with van der Waals surface area (Å²) in [5, 5.41) is 0.268. The van der Waals surface area contributed by atoms with E-state index in [1.54, 1.807) is 13.0 Å². The van der Waals surface area contributed by atoms with Crippen molar-refractivity contribution in [3.05, 3.63) is 40.5 Å². The number of oxazole rings is 1. The molecule has 0 atom stereocenters. The van der Waals surface area contributed by atoms with E-state index in [9.17, 15) is 4.39 Å². The molecule has 0 saturated heterocycles. The first-order valence-corrected chi connectivity index (χ1v) is 5.12. The molecule has 2 rings (SSSR count). The topological polar surface area (TPSA) is 52.0 Å². The summed E-state index contributed by atoms with van der Waals surface area (Å²) >= 11 is 5.90. The van der Waals surface area contributed by atoms with E-state index in [0.717, 1.165) is 0 Å². The molecule has 0 saturated carbocycles. The molecule has 3 nitrogen and oxygen atoms in total. The molecular weight excluding hydrogens is 231 g/mol. The maximum absolute atomic E-state index is 13.6. The fourth-order valence-electron chi connectivity index (χ4n) is 1.43. The van der Waals surface area contributed by atoms with Gasteiger partial charge >= 0.3 is 0 Å². The minimum atomic E-state index is -0.461. The molecule has 2 N–H and O–H groups in total. The van der Waals surface area contributed by atoms with Crippen molar-refractivity contribution in [3.63, 3.8) is 0 Å². The molecule has 0 fully saturated rings. The summed E-state index contributed by atoms with van der Waals surface area (Å²) in [6.07, 6.45) is 0. The number of aromatic nitrogens is 1. The molecule has 2 aromatic rings. The molecular formula is C11H10ClFN2O. The van der Waals surface area contributed by atoms with E-state index >= 15 is 0 Å². The number of hydrogen-bond acceptors (Lipinski definition) is 3. The average molecular weight is 241 g/mol. The van der Waals surface area contributed by atoms with Gasteiger partial charge in [-0.15, -0.1) is 0 Å². The number of nitrogens with zero attached hydrogens (tertiary/aromatic N) is 1. The molecule has 0 bridgehead atoms. The Morgan fingerprint density at radius 3 is 2.81 bits per heavy atom. The third-order valence-electron chi connectivity index (χ3n) is 2.26. The van der Waals surface area contributed by atoms with E-state index in [1.165, 1.54) is 12.1 Å². The number of benzene rings is 1. The lowest BCUT2D eigenvalue weighted by Gasteiger charge is -2.00. The van der Waals surface area contributed by atoms with E-state index in [4.69, 9.17) is 21.8 Å². The molecule has 0 spiro atoms. The third-order valence-corrected chi connectivity index (χ3v) is 2.58. The van der Waals surface area contributed by atoms with E-state index in [2.05, 4.69) is 4.98 Å². The first-order chi connectivity index (χ1) is 7.63. The number of hydrogen-bond donors (Lipinski definition) is 1. The Morgan fingerprint density at radius 1 is 1.50 bits per heavy atom. The van der Waals surface area contributed by atoms with Crippen molar-refractivity contribution < 1.29 is 8.81 Å². The van der Waals surface area contributed by atoms with E-state index in [1.807, 2.05) is 0 Å². The van der Waals surface area contributed by atoms with Crippen LogP contribution in [0.5, 0.6) is 0 Å². The van der Waals surface area contributed by atoms with Crippen LogP contribution in [0.1, 0.15) is 11.5 Å². The van der Waals surface area contributed by atoms with Gasteiger partial charge in [0.25, 0.3) is 0 Å². The van der Waals surface area contributed by atoms with Gasteiger partial charge in [-0.2, -0.15) is 0 Å². The maximum Gasteiger partial charge on any atom is 0.231 e. The number of aryl methyl sites for hydroxylation is 1. The van der Waals surface area contributed by atoms with E-state index in [-0.39, 0.29) is 23.0 Å². The molecule has 1 aromatic heterocycles. The number of rotatable bonds is 2. The van der Waals surface area contributed by atoms with Crippen molar-refractivity contribution in [2.24, 2.45) is 5.73 Å². The average Bonchev–Trinajstić information content (AvgIpc) is 2.59. The van der Waals surface area contributed by atoms with Crippen molar-refractivity contribution in [3.8, 4) is 11.5 Å². The maximum atomic E-state index is 13.6. The van der Waals surface area contributed by atoms with Gasteiger partial charge in [0.05, 0.1) is 16.3 Å². The van der Waals surface area contributed by atoms with Gasteiger partial charge in [0.15, 0.2) is 0 Å². The lowest BCUT2D eigenvalue weighted by Crippen LogP contribution is -1.98. The Labute approximate surface area is 97.0 Å². The van der Waals surface area contributed by atoms with Crippen LogP contribution >= 0.6 is 11.6 Å². The smallest absolute Gasteiger partial charge is 0.231 e. The van der Waals surface area contributed by atoms with Crippen LogP contribution in [0.25, 0.3) is 11.5 Å². The van der Waals surface area contributed by atoms with Gasteiger partial charge in [-0.25, -0.2) is 9.37 Å². The summed E-state index contributed by atoms with van der Waals surface area (Å²) in [5.41, 5.74) is 6.25. The highest BCUT2D eigenvalue weighted by molar-refractivity contribution is 6.33. The lowest BCUT2D eigenvalue weighted by atomic mass is 10.2. The van der Waals surface area contributed by atoms with Gasteiger partial charge in [-0.3, -0.25) is 0 Å². The van der Waals surface area contributed by atoms with Crippen molar-refractivity contribution in [2.75, 3.05) is 0 Å². The number of halogens is 2. The molecule has 0 radical (unpaired) electrons. The molecule has 84 valence electrons. The molecule has 1 aromatic carbocycles. The summed E-state index contributed by atoms with van der Waals surface area (Å²) in [4.78, 5) is 4.10. The van der Waals surface area contributed by atoms with Crippen LogP contribution in [0.15, 0.2) is 22.6 Å². The van der Waals surface area contributed by atoms with Gasteiger partial charge in [-0.05, 0) is 19.1 Å². The lowest BCUT2D eigenvalue weighted by molar-refractivity contribution is 0.532. The first kappa shape index (κ1) is 11.1. The van der Waals surface area contributed by atoms with Crippen molar-refractivity contribution in [1.29, 1.82) is 0 Å². The summed E-state index contributed by atoms with van der Waals surface area (Å²) < 4.78 is 18.9. The zero-order valence-electron chi connectivity index (χ0n) is 8.63. The highest BCUT2D eigenvalue weighted by atomic mass is 35.5. The zero-order valence-corrected chi connectivity index (χ0v) is 9.38. The molecule has 0 unspecified atom stereocenters. The normalized spacial score (nSPS) is 10.8. The molecule has 1 heterocycles. The van der Waals surface area contributed by atoms with Gasteiger partial charge in [-0.1, -0.05) is 17.7 Å². The highest BCUT2D eigenvalue weighted by Crippen LogP contribution is 2.30. The van der Waals surface area contributed by atoms with Gasteiger partial charge in [0.2, 0.25) is 5.89 Å². The van der Waals surface area contributed by atoms with E-state index < -0.39 is 5.82 Å². The third kappa shape index (κ3) is 1.81. The standard InChI is InChI=1S/C11H10ClFN2O/c1-6-9(5-14)15-11(16-6)10-7(12)3-2-4-8(10)13/h2-4H,5,14H2,1H3. The summed E-state index contributed by atoms with van der Waals surface area (Å²) in [6.45, 7) is 1.98. The fourth-order valence-corrected chi connectivity index (χ4v) is 1.67.